The molecule has 1 heterocycles. The molecule has 1 aromatic carbocycles. The van der Waals surface area contributed by atoms with Crippen LogP contribution in [0.4, 0.5) is 0 Å². The van der Waals surface area contributed by atoms with E-state index in [0.29, 0.717) is 48.3 Å². The first-order valence-electron chi connectivity index (χ1n) is 10.5. The molecular formula is C24H29NO5. The number of rotatable bonds is 12. The third-order valence-corrected chi connectivity index (χ3v) is 5.43. The van der Waals surface area contributed by atoms with Crippen LogP contribution in [0.15, 0.2) is 36.4 Å². The van der Waals surface area contributed by atoms with Crippen LogP contribution in [0.1, 0.15) is 54.7 Å². The van der Waals surface area contributed by atoms with Crippen LogP contribution in [-0.2, 0) is 17.8 Å². The molecule has 160 valence electrons. The van der Waals surface area contributed by atoms with E-state index in [4.69, 9.17) is 9.47 Å². The molecule has 0 spiro atoms. The van der Waals surface area contributed by atoms with Crippen LogP contribution in [0, 0.1) is 17.8 Å². The van der Waals surface area contributed by atoms with E-state index in [1.165, 1.54) is 12.8 Å². The van der Waals surface area contributed by atoms with Crippen molar-refractivity contribution in [3.05, 3.63) is 53.2 Å². The van der Waals surface area contributed by atoms with Gasteiger partial charge in [0.15, 0.2) is 12.0 Å². The molecule has 1 aromatic heterocycles. The maximum Gasteiger partial charge on any atom is 0.307 e. The second kappa shape index (κ2) is 10.2. The Morgan fingerprint density at radius 1 is 1.23 bits per heavy atom. The van der Waals surface area contributed by atoms with Crippen molar-refractivity contribution in [2.45, 2.75) is 46.1 Å². The van der Waals surface area contributed by atoms with Gasteiger partial charge in [-0.05, 0) is 29.9 Å². The van der Waals surface area contributed by atoms with Gasteiger partial charge in [0, 0.05) is 12.0 Å². The van der Waals surface area contributed by atoms with Crippen LogP contribution in [0.2, 0.25) is 0 Å². The van der Waals surface area contributed by atoms with Crippen molar-refractivity contribution in [1.82, 2.24) is 4.98 Å². The summed E-state index contributed by atoms with van der Waals surface area (Å²) < 4.78 is 11.9. The molecule has 1 saturated carbocycles. The Balaban J connectivity index is 1.84. The molecule has 1 atom stereocenters. The number of ether oxygens (including phenoxy) is 2. The van der Waals surface area contributed by atoms with Crippen LogP contribution >= 0.6 is 0 Å². The molecule has 30 heavy (non-hydrogen) atoms. The number of aliphatic carboxylic acids is 1. The minimum Gasteiger partial charge on any atom is -0.483 e. The van der Waals surface area contributed by atoms with Crippen LogP contribution in [0.25, 0.3) is 0 Å². The van der Waals surface area contributed by atoms with E-state index >= 15 is 0 Å². The first-order chi connectivity index (χ1) is 14.5. The molecule has 1 fully saturated rings. The van der Waals surface area contributed by atoms with Crippen molar-refractivity contribution in [2.24, 2.45) is 17.8 Å². The predicted molar refractivity (Wildman–Crippen MR) is 113 cm³/mol. The van der Waals surface area contributed by atoms with Crippen LogP contribution < -0.4 is 9.47 Å². The van der Waals surface area contributed by atoms with Gasteiger partial charge in [-0.3, -0.25) is 9.59 Å². The molecule has 6 heteroatoms. The Bertz CT molecular complexity index is 861. The summed E-state index contributed by atoms with van der Waals surface area (Å²) in [5, 5.41) is 9.54. The first kappa shape index (κ1) is 21.8. The van der Waals surface area contributed by atoms with E-state index < -0.39 is 11.9 Å². The predicted octanol–water partition coefficient (Wildman–Crippen LogP) is 4.55. The molecule has 1 aliphatic rings. The molecule has 0 bridgehead atoms. The van der Waals surface area contributed by atoms with Crippen LogP contribution in [0.5, 0.6) is 11.6 Å². The monoisotopic (exact) mass is 411 g/mol. The Kier molecular flexibility index (Phi) is 7.44. The highest BCUT2D eigenvalue weighted by molar-refractivity contribution is 5.78. The summed E-state index contributed by atoms with van der Waals surface area (Å²) in [5.74, 6) is -0.186. The maximum atomic E-state index is 11.7. The lowest BCUT2D eigenvalue weighted by atomic mass is 9.90. The summed E-state index contributed by atoms with van der Waals surface area (Å²) >= 11 is 0. The van der Waals surface area contributed by atoms with Gasteiger partial charge in [-0.1, -0.05) is 57.0 Å². The Morgan fingerprint density at radius 2 is 1.97 bits per heavy atom. The zero-order chi connectivity index (χ0) is 21.5. The highest BCUT2D eigenvalue weighted by Crippen LogP contribution is 2.34. The number of carboxylic acids is 1. The average Bonchev–Trinajstić information content (AvgIpc) is 3.55. The number of pyridine rings is 1. The van der Waals surface area contributed by atoms with Gasteiger partial charge in [0.05, 0.1) is 18.2 Å². The summed E-state index contributed by atoms with van der Waals surface area (Å²) in [6.45, 7) is 4.54. The second-order valence-electron chi connectivity index (χ2n) is 8.19. The van der Waals surface area contributed by atoms with Crippen molar-refractivity contribution in [3.63, 3.8) is 0 Å². The van der Waals surface area contributed by atoms with Gasteiger partial charge in [0.25, 0.3) is 5.88 Å². The van der Waals surface area contributed by atoms with E-state index in [1.54, 1.807) is 6.07 Å². The third-order valence-electron chi connectivity index (χ3n) is 5.43. The SMILES string of the molecule is CC(C)C(Cc1nc(OCCC2CC2)c(OCc2ccccc2)cc1C=O)C(=O)O. The first-order valence-corrected chi connectivity index (χ1v) is 10.5. The van der Waals surface area contributed by atoms with E-state index in [0.717, 1.165) is 12.0 Å². The lowest BCUT2D eigenvalue weighted by molar-refractivity contribution is -0.143. The Morgan fingerprint density at radius 3 is 2.57 bits per heavy atom. The lowest BCUT2D eigenvalue weighted by Crippen LogP contribution is -2.23. The lowest BCUT2D eigenvalue weighted by Gasteiger charge is -2.19. The van der Waals surface area contributed by atoms with Gasteiger partial charge >= 0.3 is 5.97 Å². The molecule has 6 nitrogen and oxygen atoms in total. The number of aromatic nitrogens is 1. The van der Waals surface area contributed by atoms with Gasteiger partial charge in [-0.25, -0.2) is 4.98 Å². The zero-order valence-corrected chi connectivity index (χ0v) is 17.5. The molecule has 0 amide bonds. The van der Waals surface area contributed by atoms with Crippen molar-refractivity contribution >= 4 is 12.3 Å². The van der Waals surface area contributed by atoms with Gasteiger partial charge in [-0.2, -0.15) is 0 Å². The van der Waals surface area contributed by atoms with E-state index in [1.807, 2.05) is 44.2 Å². The molecule has 1 N–H and O–H groups in total. The molecule has 0 radical (unpaired) electrons. The minimum atomic E-state index is -0.899. The number of hydrogen-bond acceptors (Lipinski definition) is 5. The van der Waals surface area contributed by atoms with Crippen molar-refractivity contribution < 1.29 is 24.2 Å². The van der Waals surface area contributed by atoms with Crippen molar-refractivity contribution in [3.8, 4) is 11.6 Å². The minimum absolute atomic E-state index is 0.0861. The number of hydrogen-bond donors (Lipinski definition) is 1. The normalized spacial score (nSPS) is 14.4. The van der Waals surface area contributed by atoms with Gasteiger partial charge < -0.3 is 14.6 Å². The fourth-order valence-corrected chi connectivity index (χ4v) is 3.28. The van der Waals surface area contributed by atoms with E-state index in [9.17, 15) is 14.7 Å². The number of nitrogens with zero attached hydrogens (tertiary/aromatic N) is 1. The fourth-order valence-electron chi connectivity index (χ4n) is 3.28. The van der Waals surface area contributed by atoms with Crippen LogP contribution in [-0.4, -0.2) is 29.0 Å². The molecule has 3 rings (SSSR count). The van der Waals surface area contributed by atoms with E-state index in [2.05, 4.69) is 4.98 Å². The molecule has 2 aromatic rings. The molecular weight excluding hydrogens is 382 g/mol. The third kappa shape index (κ3) is 6.05. The maximum absolute atomic E-state index is 11.7. The summed E-state index contributed by atoms with van der Waals surface area (Å²) in [6.07, 6.45) is 4.29. The number of carboxylic acid groups (broad SMARTS) is 1. The Hall–Kier alpha value is -2.89. The highest BCUT2D eigenvalue weighted by atomic mass is 16.5. The zero-order valence-electron chi connectivity index (χ0n) is 17.5. The largest absolute Gasteiger partial charge is 0.483 e. The quantitative estimate of drug-likeness (QED) is 0.516. The van der Waals surface area contributed by atoms with E-state index in [-0.39, 0.29) is 12.3 Å². The highest BCUT2D eigenvalue weighted by Gasteiger charge is 2.26. The van der Waals surface area contributed by atoms with Crippen LogP contribution in [0.3, 0.4) is 0 Å². The summed E-state index contributed by atoms with van der Waals surface area (Å²) in [5.41, 5.74) is 1.75. The molecule has 0 saturated heterocycles. The number of carbonyl (C=O) groups excluding carboxylic acids is 1. The number of benzene rings is 1. The van der Waals surface area contributed by atoms with Gasteiger partial charge in [0.1, 0.15) is 6.61 Å². The average molecular weight is 411 g/mol. The Labute approximate surface area is 177 Å². The summed E-state index contributed by atoms with van der Waals surface area (Å²) in [6, 6.07) is 11.3. The standard InChI is InChI=1S/C24H29NO5/c1-16(2)20(24(27)28)13-21-19(14-26)12-22(30-15-18-6-4-3-5-7-18)23(25-21)29-11-10-17-8-9-17/h3-7,12,14,16-17,20H,8-11,13,15H2,1-2H3,(H,27,28). The van der Waals surface area contributed by atoms with Crippen molar-refractivity contribution in [1.29, 1.82) is 0 Å². The summed E-state index contributed by atoms with van der Waals surface area (Å²) in [7, 11) is 0. The van der Waals surface area contributed by atoms with Gasteiger partial charge in [-0.15, -0.1) is 0 Å². The smallest absolute Gasteiger partial charge is 0.307 e. The number of carbonyl (C=O) groups is 2. The molecule has 0 aliphatic heterocycles. The molecule has 1 aliphatic carbocycles. The fraction of sp³-hybridized carbons (Fsp3) is 0.458. The summed E-state index contributed by atoms with van der Waals surface area (Å²) in [4.78, 5) is 27.9. The molecule has 1 unspecified atom stereocenters. The number of aldehydes is 1. The topological polar surface area (TPSA) is 85.7 Å². The van der Waals surface area contributed by atoms with Gasteiger partial charge in [0.2, 0.25) is 0 Å². The second-order valence-corrected chi connectivity index (χ2v) is 8.19. The van der Waals surface area contributed by atoms with Crippen molar-refractivity contribution in [2.75, 3.05) is 6.61 Å².